The van der Waals surface area contributed by atoms with E-state index in [0.717, 1.165) is 11.5 Å². The molecule has 0 spiro atoms. The van der Waals surface area contributed by atoms with Gasteiger partial charge in [0.15, 0.2) is 11.6 Å². The highest BCUT2D eigenvalue weighted by Crippen LogP contribution is 2.26. The predicted octanol–water partition coefficient (Wildman–Crippen LogP) is 2.85. The quantitative estimate of drug-likeness (QED) is 0.810. The van der Waals surface area contributed by atoms with E-state index < -0.39 is 11.6 Å². The monoisotopic (exact) mass is 211 g/mol. The zero-order valence-corrected chi connectivity index (χ0v) is 8.76. The fourth-order valence-corrected chi connectivity index (χ4v) is 1.98. The van der Waals surface area contributed by atoms with Crippen LogP contribution < -0.4 is 5.32 Å². The van der Waals surface area contributed by atoms with Crippen molar-refractivity contribution in [1.29, 1.82) is 0 Å². The molecule has 1 N–H and O–H groups in total. The van der Waals surface area contributed by atoms with E-state index in [-0.39, 0.29) is 0 Å². The van der Waals surface area contributed by atoms with E-state index in [1.54, 1.807) is 6.07 Å². The second kappa shape index (κ2) is 4.27. The van der Waals surface area contributed by atoms with Crippen molar-refractivity contribution in [3.05, 3.63) is 35.4 Å². The maximum Gasteiger partial charge on any atom is 0.159 e. The Kier molecular flexibility index (Phi) is 3.00. The molecular weight excluding hydrogens is 196 g/mol. The molecule has 0 aliphatic heterocycles. The fourth-order valence-electron chi connectivity index (χ4n) is 1.98. The highest BCUT2D eigenvalue weighted by molar-refractivity contribution is 5.17. The minimum Gasteiger partial charge on any atom is -0.310 e. The highest BCUT2D eigenvalue weighted by atomic mass is 19.2. The van der Waals surface area contributed by atoms with Crippen molar-refractivity contribution in [2.24, 2.45) is 5.92 Å². The van der Waals surface area contributed by atoms with E-state index >= 15 is 0 Å². The minimum absolute atomic E-state index is 0.549. The van der Waals surface area contributed by atoms with Gasteiger partial charge in [-0.1, -0.05) is 13.0 Å². The third-order valence-electron chi connectivity index (χ3n) is 2.95. The molecule has 1 nitrogen and oxygen atoms in total. The van der Waals surface area contributed by atoms with Gasteiger partial charge in [0, 0.05) is 12.6 Å². The summed E-state index contributed by atoms with van der Waals surface area (Å²) in [6.07, 6.45) is 2.37. The van der Waals surface area contributed by atoms with E-state index in [1.165, 1.54) is 25.0 Å². The molecule has 0 atom stereocenters. The van der Waals surface area contributed by atoms with E-state index in [1.807, 2.05) is 0 Å². The van der Waals surface area contributed by atoms with Crippen molar-refractivity contribution >= 4 is 0 Å². The van der Waals surface area contributed by atoms with E-state index in [2.05, 4.69) is 12.2 Å². The van der Waals surface area contributed by atoms with Gasteiger partial charge in [-0.15, -0.1) is 0 Å². The molecule has 0 unspecified atom stereocenters. The first-order valence-corrected chi connectivity index (χ1v) is 5.32. The number of nitrogens with one attached hydrogen (secondary N) is 1. The summed E-state index contributed by atoms with van der Waals surface area (Å²) in [5, 5.41) is 3.32. The SMILES string of the molecule is CC1CC(NCc2ccc(F)c(F)c2)C1. The van der Waals surface area contributed by atoms with Gasteiger partial charge in [-0.3, -0.25) is 0 Å². The molecule has 1 aromatic carbocycles. The Morgan fingerprint density at radius 1 is 1.27 bits per heavy atom. The molecule has 1 aliphatic carbocycles. The Hall–Kier alpha value is -0.960. The summed E-state index contributed by atoms with van der Waals surface area (Å²) in [6.45, 7) is 2.84. The lowest BCUT2D eigenvalue weighted by atomic mass is 9.82. The smallest absolute Gasteiger partial charge is 0.159 e. The number of rotatable bonds is 3. The lowest BCUT2D eigenvalue weighted by Gasteiger charge is -2.33. The van der Waals surface area contributed by atoms with Crippen LogP contribution in [0.25, 0.3) is 0 Å². The van der Waals surface area contributed by atoms with Crippen LogP contribution in [0.5, 0.6) is 0 Å². The van der Waals surface area contributed by atoms with Crippen LogP contribution in [0.2, 0.25) is 0 Å². The van der Waals surface area contributed by atoms with Crippen LogP contribution in [0, 0.1) is 17.6 Å². The van der Waals surface area contributed by atoms with E-state index in [4.69, 9.17) is 0 Å². The van der Waals surface area contributed by atoms with Crippen molar-refractivity contribution in [3.63, 3.8) is 0 Å². The minimum atomic E-state index is -0.781. The van der Waals surface area contributed by atoms with Gasteiger partial charge >= 0.3 is 0 Å². The van der Waals surface area contributed by atoms with E-state index in [0.29, 0.717) is 12.6 Å². The molecule has 0 bridgehead atoms. The molecule has 1 aromatic rings. The van der Waals surface area contributed by atoms with Crippen molar-refractivity contribution < 1.29 is 8.78 Å². The summed E-state index contributed by atoms with van der Waals surface area (Å²) >= 11 is 0. The molecule has 0 amide bonds. The van der Waals surface area contributed by atoms with Crippen LogP contribution in [-0.2, 0) is 6.54 Å². The third-order valence-corrected chi connectivity index (χ3v) is 2.95. The number of halogens is 2. The van der Waals surface area contributed by atoms with Crippen molar-refractivity contribution in [1.82, 2.24) is 5.32 Å². The van der Waals surface area contributed by atoms with Crippen molar-refractivity contribution in [3.8, 4) is 0 Å². The van der Waals surface area contributed by atoms with Gasteiger partial charge in [0.1, 0.15) is 0 Å². The van der Waals surface area contributed by atoms with Crippen molar-refractivity contribution in [2.45, 2.75) is 32.4 Å². The van der Waals surface area contributed by atoms with Crippen LogP contribution in [-0.4, -0.2) is 6.04 Å². The normalized spacial score (nSPS) is 25.0. The Morgan fingerprint density at radius 2 is 2.00 bits per heavy atom. The summed E-state index contributed by atoms with van der Waals surface area (Å²) in [6, 6.07) is 4.60. The standard InChI is InChI=1S/C12H15F2N/c1-8-4-10(5-8)15-7-9-2-3-11(13)12(14)6-9/h2-3,6,8,10,15H,4-5,7H2,1H3. The number of hydrogen-bond donors (Lipinski definition) is 1. The Labute approximate surface area is 88.5 Å². The average molecular weight is 211 g/mol. The van der Waals surface area contributed by atoms with Crippen LogP contribution in [0.4, 0.5) is 8.78 Å². The number of benzene rings is 1. The zero-order chi connectivity index (χ0) is 10.8. The molecule has 1 fully saturated rings. The summed E-state index contributed by atoms with van der Waals surface area (Å²) < 4.78 is 25.5. The van der Waals surface area contributed by atoms with Crippen LogP contribution in [0.1, 0.15) is 25.3 Å². The second-order valence-corrected chi connectivity index (χ2v) is 4.40. The molecule has 1 aliphatic rings. The lowest BCUT2D eigenvalue weighted by molar-refractivity contribution is 0.240. The van der Waals surface area contributed by atoms with Gasteiger partial charge in [0.05, 0.1) is 0 Å². The largest absolute Gasteiger partial charge is 0.310 e. The second-order valence-electron chi connectivity index (χ2n) is 4.40. The van der Waals surface area contributed by atoms with Crippen molar-refractivity contribution in [2.75, 3.05) is 0 Å². The molecule has 0 heterocycles. The first-order valence-electron chi connectivity index (χ1n) is 5.32. The molecule has 0 saturated heterocycles. The first-order chi connectivity index (χ1) is 7.15. The summed E-state index contributed by atoms with van der Waals surface area (Å²) in [5.74, 6) is -0.750. The Morgan fingerprint density at radius 3 is 2.60 bits per heavy atom. The molecule has 82 valence electrons. The van der Waals surface area contributed by atoms with Gasteiger partial charge < -0.3 is 5.32 Å². The summed E-state index contributed by atoms with van der Waals surface area (Å²) in [5.41, 5.74) is 0.799. The molecule has 0 radical (unpaired) electrons. The van der Waals surface area contributed by atoms with Gasteiger partial charge in [0.2, 0.25) is 0 Å². The number of hydrogen-bond acceptors (Lipinski definition) is 1. The summed E-state index contributed by atoms with van der Waals surface area (Å²) in [7, 11) is 0. The fraction of sp³-hybridized carbons (Fsp3) is 0.500. The molecule has 3 heteroatoms. The third kappa shape index (κ3) is 2.53. The van der Waals surface area contributed by atoms with Gasteiger partial charge in [-0.05, 0) is 36.5 Å². The van der Waals surface area contributed by atoms with Crippen LogP contribution in [0.3, 0.4) is 0 Å². The molecule has 2 rings (SSSR count). The summed E-state index contributed by atoms with van der Waals surface area (Å²) in [4.78, 5) is 0. The highest BCUT2D eigenvalue weighted by Gasteiger charge is 2.24. The maximum atomic E-state index is 12.9. The van der Waals surface area contributed by atoms with Crippen LogP contribution in [0.15, 0.2) is 18.2 Å². The molecule has 1 saturated carbocycles. The Bertz CT molecular complexity index is 345. The zero-order valence-electron chi connectivity index (χ0n) is 8.76. The van der Waals surface area contributed by atoms with Gasteiger partial charge in [0.25, 0.3) is 0 Å². The Balaban J connectivity index is 1.86. The van der Waals surface area contributed by atoms with E-state index in [9.17, 15) is 8.78 Å². The molecule has 0 aromatic heterocycles. The van der Waals surface area contributed by atoms with Gasteiger partial charge in [-0.2, -0.15) is 0 Å². The topological polar surface area (TPSA) is 12.0 Å². The predicted molar refractivity (Wildman–Crippen MR) is 55.4 cm³/mol. The van der Waals surface area contributed by atoms with Gasteiger partial charge in [-0.25, -0.2) is 8.78 Å². The maximum absolute atomic E-state index is 12.9. The average Bonchev–Trinajstić information content (AvgIpc) is 2.16. The van der Waals surface area contributed by atoms with Crippen LogP contribution >= 0.6 is 0 Å². The molecular formula is C12H15F2N. The molecule has 15 heavy (non-hydrogen) atoms. The first kappa shape index (κ1) is 10.6. The lowest BCUT2D eigenvalue weighted by Crippen LogP contribution is -2.39.